The summed E-state index contributed by atoms with van der Waals surface area (Å²) in [6.07, 6.45) is 6.02. The first-order valence-corrected chi connectivity index (χ1v) is 10.2. The zero-order chi connectivity index (χ0) is 18.2. The Morgan fingerprint density at radius 2 is 1.92 bits per heavy atom. The van der Waals surface area contributed by atoms with Crippen molar-refractivity contribution < 1.29 is 19.5 Å². The number of aliphatic carboxylic acids is 1. The van der Waals surface area contributed by atoms with E-state index in [2.05, 4.69) is 10.6 Å². The highest BCUT2D eigenvalue weighted by molar-refractivity contribution is 8.00. The van der Waals surface area contributed by atoms with E-state index in [-0.39, 0.29) is 30.4 Å². The van der Waals surface area contributed by atoms with Crippen molar-refractivity contribution in [2.75, 3.05) is 19.3 Å². The third kappa shape index (κ3) is 6.41. The van der Waals surface area contributed by atoms with Gasteiger partial charge in [-0.05, 0) is 25.7 Å². The minimum absolute atomic E-state index is 0.0551. The van der Waals surface area contributed by atoms with E-state index in [1.165, 1.54) is 0 Å². The topological polar surface area (TPSA) is 98.7 Å². The first kappa shape index (κ1) is 19.9. The fraction of sp³-hybridized carbons (Fsp3) is 0.824. The van der Waals surface area contributed by atoms with Crippen LogP contribution in [0.4, 0.5) is 4.79 Å². The number of hydrogen-bond acceptors (Lipinski definition) is 4. The first-order valence-electron chi connectivity index (χ1n) is 9.12. The summed E-state index contributed by atoms with van der Waals surface area (Å²) in [5, 5.41) is 15.0. The third-order valence-electron chi connectivity index (χ3n) is 4.88. The van der Waals surface area contributed by atoms with E-state index in [0.717, 1.165) is 37.9 Å². The Morgan fingerprint density at radius 3 is 2.68 bits per heavy atom. The average Bonchev–Trinajstić information content (AvgIpc) is 3.10. The van der Waals surface area contributed by atoms with Crippen molar-refractivity contribution in [2.45, 2.75) is 68.7 Å². The molecular weight excluding hydrogens is 342 g/mol. The van der Waals surface area contributed by atoms with Gasteiger partial charge in [0.05, 0.1) is 12.1 Å². The lowest BCUT2D eigenvalue weighted by molar-refractivity contribution is -0.137. The zero-order valence-electron chi connectivity index (χ0n) is 14.8. The summed E-state index contributed by atoms with van der Waals surface area (Å²) < 4.78 is 0. The van der Waals surface area contributed by atoms with Crippen molar-refractivity contribution >= 4 is 29.7 Å². The molecule has 2 rings (SSSR count). The van der Waals surface area contributed by atoms with E-state index in [1.807, 2.05) is 18.8 Å². The van der Waals surface area contributed by atoms with E-state index in [0.29, 0.717) is 24.6 Å². The number of urea groups is 1. The van der Waals surface area contributed by atoms with Gasteiger partial charge in [-0.25, -0.2) is 4.79 Å². The van der Waals surface area contributed by atoms with Gasteiger partial charge in [-0.15, -0.1) is 0 Å². The Labute approximate surface area is 153 Å². The van der Waals surface area contributed by atoms with Gasteiger partial charge in [-0.2, -0.15) is 11.8 Å². The van der Waals surface area contributed by atoms with Crippen LogP contribution in [0.2, 0.25) is 0 Å². The van der Waals surface area contributed by atoms with Gasteiger partial charge in [0.25, 0.3) is 0 Å². The van der Waals surface area contributed by atoms with Crippen LogP contribution in [0.15, 0.2) is 0 Å². The molecule has 0 aliphatic carbocycles. The molecule has 3 amide bonds. The molecule has 2 saturated heterocycles. The molecule has 2 aliphatic heterocycles. The SMILES string of the molecule is CN(CCCCCC(=O)O)C(=O)CCCCC1SCC2NC(=O)NC21. The lowest BCUT2D eigenvalue weighted by atomic mass is 10.0. The number of rotatable bonds is 11. The lowest BCUT2D eigenvalue weighted by Crippen LogP contribution is -2.36. The Balaban J connectivity index is 1.51. The molecule has 2 aliphatic rings. The summed E-state index contributed by atoms with van der Waals surface area (Å²) in [6, 6.07) is 0.443. The molecule has 3 atom stereocenters. The smallest absolute Gasteiger partial charge is 0.315 e. The number of unbranched alkanes of at least 4 members (excludes halogenated alkanes) is 3. The molecule has 142 valence electrons. The molecule has 3 N–H and O–H groups in total. The van der Waals surface area contributed by atoms with Crippen LogP contribution < -0.4 is 10.6 Å². The minimum Gasteiger partial charge on any atom is -0.481 e. The number of nitrogens with zero attached hydrogens (tertiary/aromatic N) is 1. The number of fused-ring (bicyclic) bond motifs is 1. The van der Waals surface area contributed by atoms with Crippen LogP contribution in [-0.4, -0.2) is 64.6 Å². The van der Waals surface area contributed by atoms with Crippen LogP contribution in [-0.2, 0) is 9.59 Å². The second-order valence-corrected chi connectivity index (χ2v) is 8.16. The number of carbonyl (C=O) groups is 3. The molecule has 25 heavy (non-hydrogen) atoms. The minimum atomic E-state index is -0.760. The summed E-state index contributed by atoms with van der Waals surface area (Å²) in [5.41, 5.74) is 0. The number of nitrogens with one attached hydrogen (secondary N) is 2. The van der Waals surface area contributed by atoms with Crippen molar-refractivity contribution in [3.05, 3.63) is 0 Å². The quantitative estimate of drug-likeness (QED) is 0.380. The Kier molecular flexibility index (Phi) is 7.87. The number of amides is 3. The summed E-state index contributed by atoms with van der Waals surface area (Å²) in [7, 11) is 1.82. The van der Waals surface area contributed by atoms with Crippen LogP contribution in [0, 0.1) is 0 Å². The molecule has 7 nitrogen and oxygen atoms in total. The van der Waals surface area contributed by atoms with Crippen molar-refractivity contribution in [1.82, 2.24) is 15.5 Å². The van der Waals surface area contributed by atoms with E-state index in [9.17, 15) is 14.4 Å². The van der Waals surface area contributed by atoms with Gasteiger partial charge in [0, 0.05) is 37.4 Å². The van der Waals surface area contributed by atoms with Gasteiger partial charge < -0.3 is 20.6 Å². The van der Waals surface area contributed by atoms with Crippen molar-refractivity contribution in [2.24, 2.45) is 0 Å². The highest BCUT2D eigenvalue weighted by Gasteiger charge is 2.42. The summed E-state index contributed by atoms with van der Waals surface area (Å²) in [5.74, 6) is 0.368. The monoisotopic (exact) mass is 371 g/mol. The maximum Gasteiger partial charge on any atom is 0.315 e. The van der Waals surface area contributed by atoms with Crippen molar-refractivity contribution in [3.63, 3.8) is 0 Å². The molecule has 0 aromatic carbocycles. The van der Waals surface area contributed by atoms with E-state index < -0.39 is 5.97 Å². The number of carbonyl (C=O) groups excluding carboxylic acids is 2. The number of thioether (sulfide) groups is 1. The highest BCUT2D eigenvalue weighted by atomic mass is 32.2. The molecule has 0 bridgehead atoms. The van der Waals surface area contributed by atoms with Gasteiger partial charge in [0.1, 0.15) is 0 Å². The van der Waals surface area contributed by atoms with Crippen molar-refractivity contribution in [1.29, 1.82) is 0 Å². The number of carboxylic acids is 1. The van der Waals surface area contributed by atoms with Crippen molar-refractivity contribution in [3.8, 4) is 0 Å². The van der Waals surface area contributed by atoms with Gasteiger partial charge in [-0.3, -0.25) is 9.59 Å². The second-order valence-electron chi connectivity index (χ2n) is 6.89. The molecule has 3 unspecified atom stereocenters. The zero-order valence-corrected chi connectivity index (χ0v) is 15.6. The van der Waals surface area contributed by atoms with Crippen LogP contribution in [0.3, 0.4) is 0 Å². The predicted octanol–water partition coefficient (Wildman–Crippen LogP) is 1.82. The molecule has 0 saturated carbocycles. The lowest BCUT2D eigenvalue weighted by Gasteiger charge is -2.18. The number of hydrogen-bond donors (Lipinski definition) is 3. The maximum absolute atomic E-state index is 12.1. The fourth-order valence-corrected chi connectivity index (χ4v) is 4.93. The van der Waals surface area contributed by atoms with E-state index >= 15 is 0 Å². The fourth-order valence-electron chi connectivity index (χ4n) is 3.38. The molecular formula is C17H29N3O4S. The van der Waals surface area contributed by atoms with E-state index in [4.69, 9.17) is 5.11 Å². The van der Waals surface area contributed by atoms with Crippen LogP contribution in [0.1, 0.15) is 51.4 Å². The van der Waals surface area contributed by atoms with Crippen LogP contribution >= 0.6 is 11.8 Å². The van der Waals surface area contributed by atoms with Gasteiger partial charge in [0.15, 0.2) is 0 Å². The molecule has 0 aromatic rings. The molecule has 0 spiro atoms. The van der Waals surface area contributed by atoms with E-state index in [1.54, 1.807) is 4.90 Å². The molecule has 0 radical (unpaired) electrons. The molecule has 8 heteroatoms. The van der Waals surface area contributed by atoms with Crippen LogP contribution in [0.25, 0.3) is 0 Å². The second kappa shape index (κ2) is 9.89. The molecule has 2 heterocycles. The number of carboxylic acid groups (broad SMARTS) is 1. The molecule has 0 aromatic heterocycles. The van der Waals surface area contributed by atoms with Gasteiger partial charge in [-0.1, -0.05) is 12.8 Å². The highest BCUT2D eigenvalue weighted by Crippen LogP contribution is 2.33. The van der Waals surface area contributed by atoms with Crippen LogP contribution in [0.5, 0.6) is 0 Å². The normalized spacial score (nSPS) is 24.5. The maximum atomic E-state index is 12.1. The Hall–Kier alpha value is -1.44. The Morgan fingerprint density at radius 1 is 1.16 bits per heavy atom. The predicted molar refractivity (Wildman–Crippen MR) is 97.7 cm³/mol. The summed E-state index contributed by atoms with van der Waals surface area (Å²) >= 11 is 1.90. The van der Waals surface area contributed by atoms with Gasteiger partial charge in [0.2, 0.25) is 5.91 Å². The largest absolute Gasteiger partial charge is 0.481 e. The average molecular weight is 372 g/mol. The standard InChI is InChI=1S/C17H29N3O4S/c1-20(10-6-2-3-9-15(22)23)14(21)8-5-4-7-13-16-12(11-25-13)18-17(24)19-16/h12-13,16H,2-11H2,1H3,(H,22,23)(H2,18,19,24). The molecule has 2 fully saturated rings. The summed E-state index contributed by atoms with van der Waals surface area (Å²) in [6.45, 7) is 0.693. The van der Waals surface area contributed by atoms with Gasteiger partial charge >= 0.3 is 12.0 Å². The first-order chi connectivity index (χ1) is 12.0. The third-order valence-corrected chi connectivity index (χ3v) is 6.39. The summed E-state index contributed by atoms with van der Waals surface area (Å²) in [4.78, 5) is 35.6. The Bertz CT molecular complexity index is 489.